The van der Waals surface area contributed by atoms with Crippen LogP contribution < -0.4 is 5.19 Å². The SMILES string of the molecule is C[Si](C)(C)c1ccc(-c2[c-]cccc2)nc1.[2H]C(C)(C)c1ccnc(-c2[c-]ccc3c2sc2cc(-c4c(C)cccc4C)ccc23)c1.[Ir]. The third kappa shape index (κ3) is 7.55. The van der Waals surface area contributed by atoms with E-state index in [4.69, 9.17) is 1.37 Å². The molecule has 7 rings (SSSR count). The number of fused-ring (bicyclic) bond motifs is 3. The van der Waals surface area contributed by atoms with Gasteiger partial charge in [-0.1, -0.05) is 93.0 Å². The molecule has 0 amide bonds. The van der Waals surface area contributed by atoms with Crippen LogP contribution in [0.25, 0.3) is 53.8 Å². The van der Waals surface area contributed by atoms with Crippen molar-refractivity contribution in [1.82, 2.24) is 9.97 Å². The van der Waals surface area contributed by atoms with Crippen molar-refractivity contribution in [2.75, 3.05) is 0 Å². The first-order chi connectivity index (χ1) is 22.4. The van der Waals surface area contributed by atoms with Gasteiger partial charge in [-0.05, 0) is 80.8 Å². The molecule has 0 saturated heterocycles. The van der Waals surface area contributed by atoms with Gasteiger partial charge >= 0.3 is 0 Å². The molecule has 3 heterocycles. The van der Waals surface area contributed by atoms with Gasteiger partial charge in [-0.2, -0.15) is 11.3 Å². The van der Waals surface area contributed by atoms with Gasteiger partial charge in [-0.15, -0.1) is 59.7 Å². The number of benzene rings is 4. The molecule has 0 saturated carbocycles. The fraction of sp³-hybridized carbons (Fsp3) is 0.190. The van der Waals surface area contributed by atoms with E-state index in [0.717, 1.165) is 28.1 Å². The van der Waals surface area contributed by atoms with E-state index in [1.165, 1.54) is 47.6 Å². The van der Waals surface area contributed by atoms with Gasteiger partial charge in [0, 0.05) is 38.6 Å². The minimum absolute atomic E-state index is 0. The predicted octanol–water partition coefficient (Wildman–Crippen LogP) is 11.4. The summed E-state index contributed by atoms with van der Waals surface area (Å²) in [5.41, 5.74) is 10.1. The number of thiophene rings is 1. The molecule has 1 radical (unpaired) electrons. The summed E-state index contributed by atoms with van der Waals surface area (Å²) in [6.07, 6.45) is 3.82. The Kier molecular flexibility index (Phi) is 10.3. The van der Waals surface area contributed by atoms with Crippen molar-refractivity contribution in [3.8, 4) is 33.6 Å². The molecule has 0 atom stereocenters. The number of hydrogen-bond donors (Lipinski definition) is 0. The second-order valence-electron chi connectivity index (χ2n) is 13.1. The molecule has 0 bridgehead atoms. The van der Waals surface area contributed by atoms with Gasteiger partial charge in [0.2, 0.25) is 0 Å². The Bertz CT molecular complexity index is 2160. The monoisotopic (exact) mass is 826 g/mol. The minimum atomic E-state index is -1.23. The maximum absolute atomic E-state index is 8.39. The summed E-state index contributed by atoms with van der Waals surface area (Å²) >= 11 is 1.80. The average molecular weight is 826 g/mol. The second-order valence-corrected chi connectivity index (χ2v) is 19.2. The van der Waals surface area contributed by atoms with Crippen LogP contribution in [0, 0.1) is 26.0 Å². The molecule has 5 heteroatoms. The van der Waals surface area contributed by atoms with Gasteiger partial charge in [0.1, 0.15) is 0 Å². The van der Waals surface area contributed by atoms with Crippen molar-refractivity contribution >= 4 is 44.8 Å². The van der Waals surface area contributed by atoms with Gasteiger partial charge in [0.25, 0.3) is 0 Å². The van der Waals surface area contributed by atoms with Crippen molar-refractivity contribution in [1.29, 1.82) is 0 Å². The zero-order chi connectivity index (χ0) is 33.3. The van der Waals surface area contributed by atoms with Gasteiger partial charge in [-0.3, -0.25) is 0 Å². The van der Waals surface area contributed by atoms with Crippen LogP contribution >= 0.6 is 11.3 Å². The smallest absolute Gasteiger partial charge is 0.0795 e. The molecule has 0 spiro atoms. The number of aryl methyl sites for hydroxylation is 2. The van der Waals surface area contributed by atoms with E-state index in [9.17, 15) is 0 Å². The number of aromatic nitrogens is 2. The predicted molar refractivity (Wildman–Crippen MR) is 202 cm³/mol. The molecule has 47 heavy (non-hydrogen) atoms. The standard InChI is InChI=1S/C28H24NS.C14H16NSi.Ir/c1-17(2)20-13-14-29-25(15-20)24-10-6-9-23-22-12-11-21(16-26(22)30-28(23)24)27-18(3)7-5-8-19(27)4;1-16(2,3)13-9-10-14(15-11-13)12-7-5-4-6-8-12;/h5-9,11-17H,1-4H3;4-7,9-11H,1-3H3;/q2*-1;/i17D;;. The molecule has 4 aromatic carbocycles. The van der Waals surface area contributed by atoms with E-state index in [1.807, 2.05) is 62.5 Å². The van der Waals surface area contributed by atoms with Crippen LogP contribution in [0.1, 0.15) is 37.8 Å². The summed E-state index contributed by atoms with van der Waals surface area (Å²) in [6, 6.07) is 40.2. The van der Waals surface area contributed by atoms with Crippen molar-refractivity contribution in [2.24, 2.45) is 0 Å². The Hall–Kier alpha value is -3.73. The maximum Gasteiger partial charge on any atom is 0.0795 e. The molecule has 2 nitrogen and oxygen atoms in total. The Labute approximate surface area is 299 Å². The van der Waals surface area contributed by atoms with Crippen LogP contribution in [0.15, 0.2) is 109 Å². The first kappa shape index (κ1) is 33.2. The van der Waals surface area contributed by atoms with Crippen molar-refractivity contribution in [3.05, 3.63) is 138 Å². The summed E-state index contributed by atoms with van der Waals surface area (Å²) < 4.78 is 10.9. The molecular weight excluding hydrogens is 785 g/mol. The maximum atomic E-state index is 8.39. The summed E-state index contributed by atoms with van der Waals surface area (Å²) in [6.45, 7) is 15.2. The van der Waals surface area contributed by atoms with Gasteiger partial charge in [0.15, 0.2) is 0 Å². The average Bonchev–Trinajstić information content (AvgIpc) is 3.43. The fourth-order valence-corrected chi connectivity index (χ4v) is 8.07. The number of nitrogens with zero attached hydrogens (tertiary/aromatic N) is 2. The first-order valence-electron chi connectivity index (χ1n) is 16.2. The van der Waals surface area contributed by atoms with E-state index < -0.39 is 14.0 Å². The van der Waals surface area contributed by atoms with Crippen LogP contribution in [0.5, 0.6) is 0 Å². The molecular formula is C42H40IrN2SSi-2. The molecule has 0 fully saturated rings. The number of rotatable bonds is 5. The van der Waals surface area contributed by atoms with E-state index in [-0.39, 0.29) is 20.1 Å². The van der Waals surface area contributed by atoms with Crippen LogP contribution in [0.2, 0.25) is 19.6 Å². The van der Waals surface area contributed by atoms with Gasteiger partial charge in [0.05, 0.1) is 8.07 Å². The molecule has 0 N–H and O–H groups in total. The Morgan fingerprint density at radius 2 is 1.55 bits per heavy atom. The topological polar surface area (TPSA) is 25.8 Å². The summed E-state index contributed by atoms with van der Waals surface area (Å²) in [5, 5.41) is 3.90. The number of hydrogen-bond acceptors (Lipinski definition) is 3. The van der Waals surface area contributed by atoms with Crippen LogP contribution in [0.4, 0.5) is 0 Å². The molecule has 0 aliphatic rings. The third-order valence-electron chi connectivity index (χ3n) is 8.41. The van der Waals surface area contributed by atoms with Crippen LogP contribution in [-0.4, -0.2) is 18.0 Å². The Balaban J connectivity index is 0.000000224. The zero-order valence-corrected chi connectivity index (χ0v) is 32.2. The Morgan fingerprint density at radius 3 is 2.21 bits per heavy atom. The minimum Gasteiger partial charge on any atom is -0.305 e. The molecule has 0 aliphatic heterocycles. The summed E-state index contributed by atoms with van der Waals surface area (Å²) in [4.78, 5) is 9.14. The van der Waals surface area contributed by atoms with Crippen molar-refractivity contribution < 1.29 is 21.5 Å². The van der Waals surface area contributed by atoms with Gasteiger partial charge < -0.3 is 9.97 Å². The van der Waals surface area contributed by atoms with Gasteiger partial charge in [-0.25, -0.2) is 0 Å². The normalized spacial score (nSPS) is 11.9. The fourth-order valence-electron chi connectivity index (χ4n) is 5.78. The van der Waals surface area contributed by atoms with Crippen LogP contribution in [0.3, 0.4) is 0 Å². The first-order valence-corrected chi connectivity index (χ1v) is 20.1. The van der Waals surface area contributed by atoms with Crippen molar-refractivity contribution in [2.45, 2.75) is 53.2 Å². The van der Waals surface area contributed by atoms with E-state index >= 15 is 0 Å². The second kappa shape index (κ2) is 14.6. The van der Waals surface area contributed by atoms with E-state index in [1.54, 1.807) is 17.5 Å². The molecule has 0 aliphatic carbocycles. The zero-order valence-electron chi connectivity index (χ0n) is 29.0. The third-order valence-corrected chi connectivity index (χ3v) is 11.6. The van der Waals surface area contributed by atoms with E-state index in [0.29, 0.717) is 0 Å². The summed E-state index contributed by atoms with van der Waals surface area (Å²) in [7, 11) is -1.23. The molecule has 0 unspecified atom stereocenters. The van der Waals surface area contributed by atoms with Crippen LogP contribution in [-0.2, 0) is 20.1 Å². The molecule has 3 aromatic heterocycles. The Morgan fingerprint density at radius 1 is 0.766 bits per heavy atom. The molecule has 239 valence electrons. The largest absolute Gasteiger partial charge is 0.305 e. The van der Waals surface area contributed by atoms with E-state index in [2.05, 4.69) is 110 Å². The molecule has 7 aromatic rings. The summed E-state index contributed by atoms with van der Waals surface area (Å²) in [5.74, 6) is -0.661. The number of pyridine rings is 2. The quantitative estimate of drug-likeness (QED) is 0.128. The van der Waals surface area contributed by atoms with Crippen molar-refractivity contribution in [3.63, 3.8) is 0 Å².